The van der Waals surface area contributed by atoms with Gasteiger partial charge < -0.3 is 14.5 Å². The number of hydrogen-bond acceptors (Lipinski definition) is 4. The van der Waals surface area contributed by atoms with Crippen molar-refractivity contribution in [3.8, 4) is 5.88 Å². The zero-order chi connectivity index (χ0) is 11.4. The maximum atomic E-state index is 5.03. The Morgan fingerprint density at radius 1 is 1.38 bits per heavy atom. The van der Waals surface area contributed by atoms with E-state index in [0.29, 0.717) is 5.88 Å². The molecule has 0 amide bonds. The smallest absolute Gasteiger partial charge is 0.213 e. The van der Waals surface area contributed by atoms with Gasteiger partial charge in [-0.1, -0.05) is 0 Å². The minimum atomic E-state index is 0.189. The van der Waals surface area contributed by atoms with Crippen LogP contribution in [0.1, 0.15) is 18.5 Å². The molecule has 0 fully saturated rings. The first kappa shape index (κ1) is 10.5. The molecule has 0 aliphatic carbocycles. The summed E-state index contributed by atoms with van der Waals surface area (Å²) in [5.74, 6) is 0.613. The summed E-state index contributed by atoms with van der Waals surface area (Å²) in [6.45, 7) is 2.06. The van der Waals surface area contributed by atoms with Crippen molar-refractivity contribution < 1.29 is 9.15 Å². The third-order valence-electron chi connectivity index (χ3n) is 2.37. The number of aromatic nitrogens is 1. The maximum Gasteiger partial charge on any atom is 0.213 e. The molecule has 4 heteroatoms. The Balaban J connectivity index is 2.03. The number of pyridine rings is 1. The molecule has 0 spiro atoms. The first-order chi connectivity index (χ1) is 7.79. The number of nitrogens with one attached hydrogen (secondary N) is 1. The van der Waals surface area contributed by atoms with Gasteiger partial charge in [-0.2, -0.15) is 0 Å². The molecule has 0 aromatic carbocycles. The van der Waals surface area contributed by atoms with Crippen molar-refractivity contribution in [1.29, 1.82) is 0 Å². The first-order valence-corrected chi connectivity index (χ1v) is 5.08. The largest absolute Gasteiger partial charge is 0.481 e. The van der Waals surface area contributed by atoms with Crippen LogP contribution in [-0.2, 0) is 0 Å². The zero-order valence-electron chi connectivity index (χ0n) is 9.31. The van der Waals surface area contributed by atoms with Crippen LogP contribution in [0.15, 0.2) is 41.3 Å². The summed E-state index contributed by atoms with van der Waals surface area (Å²) in [4.78, 5) is 4.12. The summed E-state index contributed by atoms with van der Waals surface area (Å²) in [5, 5.41) is 3.32. The van der Waals surface area contributed by atoms with E-state index in [0.717, 1.165) is 11.3 Å². The van der Waals surface area contributed by atoms with Gasteiger partial charge in [-0.3, -0.25) is 0 Å². The van der Waals surface area contributed by atoms with Gasteiger partial charge in [0, 0.05) is 11.6 Å². The number of anilines is 1. The molecule has 1 unspecified atom stereocenters. The Hall–Kier alpha value is -1.97. The average molecular weight is 218 g/mol. The van der Waals surface area contributed by atoms with Gasteiger partial charge in [0.2, 0.25) is 5.88 Å². The number of nitrogens with zero attached hydrogens (tertiary/aromatic N) is 1. The van der Waals surface area contributed by atoms with Crippen molar-refractivity contribution in [3.63, 3.8) is 0 Å². The van der Waals surface area contributed by atoms with Gasteiger partial charge in [0.15, 0.2) is 0 Å². The summed E-state index contributed by atoms with van der Waals surface area (Å²) >= 11 is 0. The lowest BCUT2D eigenvalue weighted by Crippen LogP contribution is -2.05. The summed E-state index contributed by atoms with van der Waals surface area (Å²) in [6, 6.07) is 5.88. The molecule has 0 aliphatic rings. The summed E-state index contributed by atoms with van der Waals surface area (Å²) in [6.07, 6.45) is 5.14. The van der Waals surface area contributed by atoms with E-state index in [-0.39, 0.29) is 6.04 Å². The Morgan fingerprint density at radius 3 is 2.81 bits per heavy atom. The molecule has 2 heterocycles. The van der Waals surface area contributed by atoms with Gasteiger partial charge in [-0.25, -0.2) is 4.98 Å². The highest BCUT2D eigenvalue weighted by Gasteiger charge is 2.06. The van der Waals surface area contributed by atoms with E-state index in [9.17, 15) is 0 Å². The lowest BCUT2D eigenvalue weighted by atomic mass is 10.2. The number of hydrogen-bond donors (Lipinski definition) is 1. The van der Waals surface area contributed by atoms with E-state index in [4.69, 9.17) is 9.15 Å². The first-order valence-electron chi connectivity index (χ1n) is 5.08. The van der Waals surface area contributed by atoms with E-state index in [1.54, 1.807) is 25.8 Å². The molecule has 1 atom stereocenters. The predicted octanol–water partition coefficient (Wildman–Crippen LogP) is 2.86. The maximum absolute atomic E-state index is 5.03. The van der Waals surface area contributed by atoms with Gasteiger partial charge in [-0.05, 0) is 19.1 Å². The Morgan fingerprint density at radius 2 is 2.25 bits per heavy atom. The zero-order valence-corrected chi connectivity index (χ0v) is 9.31. The highest BCUT2D eigenvalue weighted by atomic mass is 16.5. The fourth-order valence-corrected chi connectivity index (χ4v) is 1.44. The molecule has 2 aromatic heterocycles. The SMILES string of the molecule is COc1ccc(NC(C)c2ccoc2)cn1. The van der Waals surface area contributed by atoms with Crippen LogP contribution in [-0.4, -0.2) is 12.1 Å². The van der Waals surface area contributed by atoms with Gasteiger partial charge in [-0.15, -0.1) is 0 Å². The van der Waals surface area contributed by atoms with E-state index >= 15 is 0 Å². The normalized spacial score (nSPS) is 12.1. The summed E-state index contributed by atoms with van der Waals surface area (Å²) in [5.41, 5.74) is 2.06. The predicted molar refractivity (Wildman–Crippen MR) is 61.5 cm³/mol. The second kappa shape index (κ2) is 4.70. The molecule has 0 radical (unpaired) electrons. The molecular weight excluding hydrogens is 204 g/mol. The molecule has 0 aliphatic heterocycles. The highest BCUT2D eigenvalue weighted by Crippen LogP contribution is 2.19. The van der Waals surface area contributed by atoms with Gasteiger partial charge in [0.1, 0.15) is 0 Å². The fourth-order valence-electron chi connectivity index (χ4n) is 1.44. The van der Waals surface area contributed by atoms with Crippen LogP contribution >= 0.6 is 0 Å². The van der Waals surface area contributed by atoms with Gasteiger partial charge in [0.05, 0.1) is 37.6 Å². The fraction of sp³-hybridized carbons (Fsp3) is 0.250. The Bertz CT molecular complexity index is 423. The van der Waals surface area contributed by atoms with Crippen molar-refractivity contribution in [2.75, 3.05) is 12.4 Å². The van der Waals surface area contributed by atoms with E-state index in [1.807, 2.05) is 18.2 Å². The van der Waals surface area contributed by atoms with Crippen molar-refractivity contribution >= 4 is 5.69 Å². The molecule has 84 valence electrons. The third kappa shape index (κ3) is 2.34. The van der Waals surface area contributed by atoms with Crippen molar-refractivity contribution in [2.45, 2.75) is 13.0 Å². The molecule has 16 heavy (non-hydrogen) atoms. The molecule has 0 bridgehead atoms. The Labute approximate surface area is 94.3 Å². The van der Waals surface area contributed by atoms with Crippen LogP contribution in [0.3, 0.4) is 0 Å². The van der Waals surface area contributed by atoms with Crippen LogP contribution in [0.25, 0.3) is 0 Å². The second-order valence-corrected chi connectivity index (χ2v) is 3.51. The molecule has 1 N–H and O–H groups in total. The van der Waals surface area contributed by atoms with Crippen LogP contribution < -0.4 is 10.1 Å². The topological polar surface area (TPSA) is 47.3 Å². The van der Waals surface area contributed by atoms with Crippen LogP contribution in [0, 0.1) is 0 Å². The van der Waals surface area contributed by atoms with E-state index < -0.39 is 0 Å². The minimum Gasteiger partial charge on any atom is -0.481 e. The van der Waals surface area contributed by atoms with Crippen LogP contribution in [0.4, 0.5) is 5.69 Å². The molecule has 2 rings (SSSR count). The van der Waals surface area contributed by atoms with Crippen LogP contribution in [0.5, 0.6) is 5.88 Å². The number of rotatable bonds is 4. The summed E-state index contributed by atoms with van der Waals surface area (Å²) < 4.78 is 10.0. The van der Waals surface area contributed by atoms with Crippen LogP contribution in [0.2, 0.25) is 0 Å². The number of furan rings is 1. The van der Waals surface area contributed by atoms with Crippen molar-refractivity contribution in [2.24, 2.45) is 0 Å². The number of methoxy groups -OCH3 is 1. The number of ether oxygens (including phenoxy) is 1. The molecular formula is C12H14N2O2. The quantitative estimate of drug-likeness (QED) is 0.857. The molecule has 4 nitrogen and oxygen atoms in total. The van der Waals surface area contributed by atoms with E-state index in [2.05, 4.69) is 17.2 Å². The van der Waals surface area contributed by atoms with Gasteiger partial charge >= 0.3 is 0 Å². The molecule has 0 saturated carbocycles. The third-order valence-corrected chi connectivity index (χ3v) is 2.37. The Kier molecular flexibility index (Phi) is 3.10. The average Bonchev–Trinajstić information content (AvgIpc) is 2.83. The molecule has 2 aromatic rings. The lowest BCUT2D eigenvalue weighted by Gasteiger charge is -2.13. The second-order valence-electron chi connectivity index (χ2n) is 3.51. The van der Waals surface area contributed by atoms with Crippen molar-refractivity contribution in [1.82, 2.24) is 4.98 Å². The minimum absolute atomic E-state index is 0.189. The standard InChI is InChI=1S/C12H14N2O2/c1-9(10-5-6-16-8-10)14-11-3-4-12(15-2)13-7-11/h3-9,14H,1-2H3. The lowest BCUT2D eigenvalue weighted by molar-refractivity contribution is 0.398. The highest BCUT2D eigenvalue weighted by molar-refractivity contribution is 5.44. The van der Waals surface area contributed by atoms with E-state index in [1.165, 1.54) is 0 Å². The molecule has 0 saturated heterocycles. The van der Waals surface area contributed by atoms with Crippen molar-refractivity contribution in [3.05, 3.63) is 42.5 Å². The summed E-state index contributed by atoms with van der Waals surface area (Å²) in [7, 11) is 1.60. The monoisotopic (exact) mass is 218 g/mol. The van der Waals surface area contributed by atoms with Gasteiger partial charge in [0.25, 0.3) is 0 Å².